The Morgan fingerprint density at radius 3 is 3.00 bits per heavy atom. The monoisotopic (exact) mass is 259 g/mol. The molecule has 0 fully saturated rings. The fraction of sp³-hybridized carbons (Fsp3) is 0.154. The lowest BCUT2D eigenvalue weighted by Crippen LogP contribution is -2.23. The van der Waals surface area contributed by atoms with Crippen LogP contribution in [0.5, 0.6) is 0 Å². The van der Waals surface area contributed by atoms with Crippen molar-refractivity contribution in [3.05, 3.63) is 42.2 Å². The van der Waals surface area contributed by atoms with E-state index in [0.29, 0.717) is 13.0 Å². The molecule has 6 heteroatoms. The van der Waals surface area contributed by atoms with Gasteiger partial charge in [-0.2, -0.15) is 0 Å². The van der Waals surface area contributed by atoms with Crippen molar-refractivity contribution in [3.63, 3.8) is 0 Å². The number of carboxylic acids is 1. The van der Waals surface area contributed by atoms with Crippen LogP contribution in [-0.4, -0.2) is 33.5 Å². The number of amides is 1. The zero-order valence-electron chi connectivity index (χ0n) is 10.1. The Labute approximate surface area is 109 Å². The van der Waals surface area contributed by atoms with Crippen molar-refractivity contribution in [2.24, 2.45) is 0 Å². The first-order valence-electron chi connectivity index (χ1n) is 5.76. The van der Waals surface area contributed by atoms with Crippen LogP contribution in [-0.2, 0) is 16.0 Å². The van der Waals surface area contributed by atoms with Gasteiger partial charge in [-0.3, -0.25) is 4.79 Å². The second-order valence-electron chi connectivity index (χ2n) is 3.97. The highest BCUT2D eigenvalue weighted by Crippen LogP contribution is 2.11. The predicted octanol–water partition coefficient (Wildman–Crippen LogP) is 0.862. The number of H-pyrrole nitrogens is 1. The number of hydrogen-bond donors (Lipinski definition) is 3. The van der Waals surface area contributed by atoms with Crippen molar-refractivity contribution >= 4 is 22.9 Å². The SMILES string of the molecule is O=C(O)/C=C/C(=O)NCCc1ccc2nc[nH]c2c1. The molecule has 2 rings (SSSR count). The number of carbonyl (C=O) groups is 2. The van der Waals surface area contributed by atoms with Crippen LogP contribution in [0.3, 0.4) is 0 Å². The lowest BCUT2D eigenvalue weighted by atomic mass is 10.1. The molecule has 0 aliphatic rings. The molecule has 3 N–H and O–H groups in total. The lowest BCUT2D eigenvalue weighted by Gasteiger charge is -2.02. The summed E-state index contributed by atoms with van der Waals surface area (Å²) in [5, 5.41) is 11.0. The number of aromatic amines is 1. The van der Waals surface area contributed by atoms with E-state index in [9.17, 15) is 9.59 Å². The molecule has 1 aromatic heterocycles. The number of aliphatic carboxylic acids is 1. The molecule has 0 aliphatic carbocycles. The Kier molecular flexibility index (Phi) is 3.92. The highest BCUT2D eigenvalue weighted by Gasteiger charge is 2.00. The molecule has 0 saturated heterocycles. The average molecular weight is 259 g/mol. The molecule has 19 heavy (non-hydrogen) atoms. The molecular formula is C13H13N3O3. The van der Waals surface area contributed by atoms with Gasteiger partial charge in [0.05, 0.1) is 17.4 Å². The first-order chi connectivity index (χ1) is 9.15. The van der Waals surface area contributed by atoms with Crippen molar-refractivity contribution in [1.29, 1.82) is 0 Å². The van der Waals surface area contributed by atoms with Gasteiger partial charge in [-0.1, -0.05) is 6.07 Å². The summed E-state index contributed by atoms with van der Waals surface area (Å²) in [6, 6.07) is 5.83. The van der Waals surface area contributed by atoms with Crippen LogP contribution in [0.15, 0.2) is 36.7 Å². The van der Waals surface area contributed by atoms with Gasteiger partial charge in [0.25, 0.3) is 0 Å². The molecule has 0 aliphatic heterocycles. The van der Waals surface area contributed by atoms with Crippen LogP contribution in [0.4, 0.5) is 0 Å². The minimum atomic E-state index is -1.14. The summed E-state index contributed by atoms with van der Waals surface area (Å²) in [4.78, 5) is 28.6. The fourth-order valence-corrected chi connectivity index (χ4v) is 1.67. The van der Waals surface area contributed by atoms with Gasteiger partial charge in [-0.15, -0.1) is 0 Å². The van der Waals surface area contributed by atoms with E-state index < -0.39 is 11.9 Å². The number of fused-ring (bicyclic) bond motifs is 1. The number of hydrogen-bond acceptors (Lipinski definition) is 3. The van der Waals surface area contributed by atoms with Gasteiger partial charge in [0.2, 0.25) is 5.91 Å². The summed E-state index contributed by atoms with van der Waals surface area (Å²) in [5.41, 5.74) is 2.92. The first kappa shape index (κ1) is 12.8. The van der Waals surface area contributed by atoms with Crippen LogP contribution in [0.25, 0.3) is 11.0 Å². The van der Waals surface area contributed by atoms with Gasteiger partial charge >= 0.3 is 5.97 Å². The van der Waals surface area contributed by atoms with E-state index >= 15 is 0 Å². The van der Waals surface area contributed by atoms with E-state index in [2.05, 4.69) is 15.3 Å². The zero-order chi connectivity index (χ0) is 13.7. The number of rotatable bonds is 5. The number of carboxylic acid groups (broad SMARTS) is 1. The lowest BCUT2D eigenvalue weighted by molar-refractivity contribution is -0.131. The van der Waals surface area contributed by atoms with E-state index in [-0.39, 0.29) is 0 Å². The summed E-state index contributed by atoms with van der Waals surface area (Å²) < 4.78 is 0. The van der Waals surface area contributed by atoms with E-state index in [1.165, 1.54) is 0 Å². The minimum Gasteiger partial charge on any atom is -0.478 e. The maximum atomic E-state index is 11.2. The molecule has 1 amide bonds. The molecule has 0 saturated carbocycles. The molecule has 1 aromatic carbocycles. The van der Waals surface area contributed by atoms with E-state index in [1.54, 1.807) is 6.33 Å². The summed E-state index contributed by atoms with van der Waals surface area (Å²) in [7, 11) is 0. The quantitative estimate of drug-likeness (QED) is 0.694. The zero-order valence-corrected chi connectivity index (χ0v) is 10.1. The third kappa shape index (κ3) is 3.67. The number of nitrogens with zero attached hydrogens (tertiary/aromatic N) is 1. The molecular weight excluding hydrogens is 246 g/mol. The third-order valence-corrected chi connectivity index (χ3v) is 2.57. The smallest absolute Gasteiger partial charge is 0.328 e. The topological polar surface area (TPSA) is 95.1 Å². The van der Waals surface area contributed by atoms with E-state index in [4.69, 9.17) is 5.11 Å². The van der Waals surface area contributed by atoms with Gasteiger partial charge in [0.1, 0.15) is 0 Å². The number of benzene rings is 1. The highest BCUT2D eigenvalue weighted by atomic mass is 16.4. The number of imidazole rings is 1. The van der Waals surface area contributed by atoms with Crippen molar-refractivity contribution in [2.75, 3.05) is 6.54 Å². The molecule has 98 valence electrons. The Hall–Kier alpha value is -2.63. The largest absolute Gasteiger partial charge is 0.478 e. The summed E-state index contributed by atoms with van der Waals surface area (Å²) >= 11 is 0. The first-order valence-corrected chi connectivity index (χ1v) is 5.76. The maximum Gasteiger partial charge on any atom is 0.328 e. The standard InChI is InChI=1S/C13H13N3O3/c17-12(3-4-13(18)19)14-6-5-9-1-2-10-11(7-9)16-8-15-10/h1-4,7-8H,5-6H2,(H,14,17)(H,15,16)(H,18,19)/b4-3+. The van der Waals surface area contributed by atoms with Crippen molar-refractivity contribution < 1.29 is 14.7 Å². The number of carbonyl (C=O) groups excluding carboxylic acids is 1. The van der Waals surface area contributed by atoms with Crippen molar-refractivity contribution in [1.82, 2.24) is 15.3 Å². The van der Waals surface area contributed by atoms with E-state index in [1.807, 2.05) is 18.2 Å². The van der Waals surface area contributed by atoms with Crippen LogP contribution in [0, 0.1) is 0 Å². The summed E-state index contributed by atoms with van der Waals surface area (Å²) in [6.07, 6.45) is 4.11. The molecule has 0 spiro atoms. The molecule has 0 unspecified atom stereocenters. The van der Waals surface area contributed by atoms with Crippen LogP contribution in [0.2, 0.25) is 0 Å². The van der Waals surface area contributed by atoms with Crippen LogP contribution < -0.4 is 5.32 Å². The predicted molar refractivity (Wildman–Crippen MR) is 69.6 cm³/mol. The van der Waals surface area contributed by atoms with Crippen molar-refractivity contribution in [2.45, 2.75) is 6.42 Å². The summed E-state index contributed by atoms with van der Waals surface area (Å²) in [5.74, 6) is -1.55. The molecule has 2 aromatic rings. The summed E-state index contributed by atoms with van der Waals surface area (Å²) in [6.45, 7) is 0.447. The highest BCUT2D eigenvalue weighted by molar-refractivity contribution is 5.93. The van der Waals surface area contributed by atoms with Crippen LogP contribution >= 0.6 is 0 Å². The van der Waals surface area contributed by atoms with Gasteiger partial charge in [0.15, 0.2) is 0 Å². The maximum absolute atomic E-state index is 11.2. The van der Waals surface area contributed by atoms with Gasteiger partial charge in [-0.05, 0) is 24.1 Å². The fourth-order valence-electron chi connectivity index (χ4n) is 1.67. The molecule has 0 bridgehead atoms. The Balaban J connectivity index is 1.85. The average Bonchev–Trinajstić information content (AvgIpc) is 2.83. The second-order valence-corrected chi connectivity index (χ2v) is 3.97. The van der Waals surface area contributed by atoms with Gasteiger partial charge in [-0.25, -0.2) is 9.78 Å². The minimum absolute atomic E-state index is 0.412. The number of aromatic nitrogens is 2. The Bertz CT molecular complexity index is 631. The normalized spacial score (nSPS) is 10.9. The third-order valence-electron chi connectivity index (χ3n) is 2.57. The van der Waals surface area contributed by atoms with Crippen molar-refractivity contribution in [3.8, 4) is 0 Å². The Morgan fingerprint density at radius 1 is 1.37 bits per heavy atom. The number of nitrogens with one attached hydrogen (secondary N) is 2. The van der Waals surface area contributed by atoms with Gasteiger partial charge in [0, 0.05) is 18.7 Å². The van der Waals surface area contributed by atoms with E-state index in [0.717, 1.165) is 28.7 Å². The molecule has 0 atom stereocenters. The molecule has 0 radical (unpaired) electrons. The second kappa shape index (κ2) is 5.81. The Morgan fingerprint density at radius 2 is 2.21 bits per heavy atom. The van der Waals surface area contributed by atoms with Crippen LogP contribution in [0.1, 0.15) is 5.56 Å². The molecule has 6 nitrogen and oxygen atoms in total. The van der Waals surface area contributed by atoms with Gasteiger partial charge < -0.3 is 15.4 Å². The molecule has 1 heterocycles.